The van der Waals surface area contributed by atoms with Gasteiger partial charge in [-0.15, -0.1) is 11.8 Å². The summed E-state index contributed by atoms with van der Waals surface area (Å²) in [5.41, 5.74) is 3.20. The van der Waals surface area contributed by atoms with Crippen LogP contribution in [0.15, 0.2) is 47.4 Å². The molecular weight excluding hydrogens is 376 g/mol. The molecule has 2 aromatic carbocycles. The third-order valence-electron chi connectivity index (χ3n) is 5.91. The van der Waals surface area contributed by atoms with Gasteiger partial charge in [-0.25, -0.2) is 0 Å². The molecule has 1 aliphatic heterocycles. The molecule has 0 spiro atoms. The van der Waals surface area contributed by atoms with Crippen molar-refractivity contribution in [3.63, 3.8) is 0 Å². The van der Waals surface area contributed by atoms with Gasteiger partial charge >= 0.3 is 0 Å². The fourth-order valence-electron chi connectivity index (χ4n) is 4.20. The van der Waals surface area contributed by atoms with Gasteiger partial charge in [-0.1, -0.05) is 57.7 Å². The SMILES string of the molecule is CCCCC1(CCCC)CSc2cc(OC)c(C#N)cc2N(c2ccccc2)C1. The number of thioether (sulfide) groups is 1. The Kier molecular flexibility index (Phi) is 7.50. The number of methoxy groups -OCH3 is 1. The second-order valence-corrected chi connectivity index (χ2v) is 9.07. The van der Waals surface area contributed by atoms with Gasteiger partial charge in [0.05, 0.1) is 18.4 Å². The van der Waals surface area contributed by atoms with Crippen LogP contribution in [0.2, 0.25) is 0 Å². The molecule has 154 valence electrons. The third kappa shape index (κ3) is 4.90. The Morgan fingerprint density at radius 1 is 1.10 bits per heavy atom. The maximum Gasteiger partial charge on any atom is 0.137 e. The first-order valence-electron chi connectivity index (χ1n) is 10.7. The van der Waals surface area contributed by atoms with E-state index in [1.54, 1.807) is 7.11 Å². The van der Waals surface area contributed by atoms with E-state index in [1.165, 1.54) is 49.1 Å². The summed E-state index contributed by atoms with van der Waals surface area (Å²) in [5.74, 6) is 1.78. The zero-order chi connectivity index (χ0) is 20.7. The van der Waals surface area contributed by atoms with Crippen LogP contribution < -0.4 is 9.64 Å². The molecular formula is C25H32N2OS. The maximum absolute atomic E-state index is 9.66. The first-order chi connectivity index (χ1) is 14.2. The average molecular weight is 409 g/mol. The van der Waals surface area contributed by atoms with Gasteiger partial charge in [0, 0.05) is 22.9 Å². The number of fused-ring (bicyclic) bond motifs is 1. The van der Waals surface area contributed by atoms with Crippen molar-refractivity contribution in [3.8, 4) is 11.8 Å². The van der Waals surface area contributed by atoms with Gasteiger partial charge in [-0.05, 0) is 42.5 Å². The lowest BCUT2D eigenvalue weighted by atomic mass is 9.79. The number of para-hydroxylation sites is 1. The van der Waals surface area contributed by atoms with Crippen LogP contribution in [0.5, 0.6) is 5.75 Å². The first kappa shape index (κ1) is 21.6. The molecule has 0 aromatic heterocycles. The van der Waals surface area contributed by atoms with Crippen LogP contribution in [0.25, 0.3) is 0 Å². The number of ether oxygens (including phenoxy) is 1. The van der Waals surface area contributed by atoms with E-state index >= 15 is 0 Å². The number of benzene rings is 2. The van der Waals surface area contributed by atoms with Crippen molar-refractivity contribution in [1.29, 1.82) is 5.26 Å². The summed E-state index contributed by atoms with van der Waals surface area (Å²) in [7, 11) is 1.64. The molecule has 0 saturated heterocycles. The zero-order valence-electron chi connectivity index (χ0n) is 17.9. The van der Waals surface area contributed by atoms with E-state index in [-0.39, 0.29) is 5.41 Å². The van der Waals surface area contributed by atoms with E-state index in [1.807, 2.05) is 17.8 Å². The summed E-state index contributed by atoms with van der Waals surface area (Å²) in [5, 5.41) is 9.66. The highest BCUT2D eigenvalue weighted by Gasteiger charge is 2.36. The van der Waals surface area contributed by atoms with E-state index in [0.717, 1.165) is 18.0 Å². The largest absolute Gasteiger partial charge is 0.495 e. The number of unbranched alkanes of at least 4 members (excludes halogenated alkanes) is 2. The Labute approximate surface area is 180 Å². The van der Waals surface area contributed by atoms with Crippen molar-refractivity contribution in [2.45, 2.75) is 57.3 Å². The lowest BCUT2D eigenvalue weighted by Gasteiger charge is -2.37. The molecule has 0 radical (unpaired) electrons. The van der Waals surface area contributed by atoms with Gasteiger partial charge in [0.2, 0.25) is 0 Å². The van der Waals surface area contributed by atoms with Crippen LogP contribution in [0.1, 0.15) is 57.9 Å². The van der Waals surface area contributed by atoms with Crippen molar-refractivity contribution in [3.05, 3.63) is 48.0 Å². The molecule has 0 bridgehead atoms. The molecule has 0 fully saturated rings. The second-order valence-electron chi connectivity index (χ2n) is 8.05. The molecule has 1 aliphatic rings. The lowest BCUT2D eigenvalue weighted by Crippen LogP contribution is -2.36. The quantitative estimate of drug-likeness (QED) is 0.463. The minimum absolute atomic E-state index is 0.269. The second kappa shape index (κ2) is 10.1. The Morgan fingerprint density at radius 2 is 1.79 bits per heavy atom. The van der Waals surface area contributed by atoms with E-state index in [4.69, 9.17) is 4.74 Å². The topological polar surface area (TPSA) is 36.3 Å². The fraction of sp³-hybridized carbons (Fsp3) is 0.480. The van der Waals surface area contributed by atoms with Crippen LogP contribution in [0, 0.1) is 16.7 Å². The number of hydrogen-bond acceptors (Lipinski definition) is 4. The molecule has 0 N–H and O–H groups in total. The Morgan fingerprint density at radius 3 is 2.38 bits per heavy atom. The van der Waals surface area contributed by atoms with Crippen LogP contribution in [-0.4, -0.2) is 19.4 Å². The van der Waals surface area contributed by atoms with E-state index in [9.17, 15) is 5.26 Å². The molecule has 1 heterocycles. The molecule has 0 amide bonds. The van der Waals surface area contributed by atoms with Gasteiger partial charge in [-0.3, -0.25) is 0 Å². The monoisotopic (exact) mass is 408 g/mol. The lowest BCUT2D eigenvalue weighted by molar-refractivity contribution is 0.274. The van der Waals surface area contributed by atoms with Crippen molar-refractivity contribution < 1.29 is 4.74 Å². The number of nitriles is 1. The molecule has 29 heavy (non-hydrogen) atoms. The molecule has 0 aliphatic carbocycles. The Hall–Kier alpha value is -2.12. The highest BCUT2D eigenvalue weighted by atomic mass is 32.2. The molecule has 2 aromatic rings. The summed E-state index contributed by atoms with van der Waals surface area (Å²) < 4.78 is 5.51. The van der Waals surface area contributed by atoms with Crippen molar-refractivity contribution in [2.24, 2.45) is 5.41 Å². The first-order valence-corrected chi connectivity index (χ1v) is 11.7. The van der Waals surface area contributed by atoms with E-state index in [2.05, 4.69) is 61.2 Å². The minimum atomic E-state index is 0.269. The summed E-state index contributed by atoms with van der Waals surface area (Å²) in [6, 6.07) is 17.0. The number of nitrogens with zero attached hydrogens (tertiary/aromatic N) is 2. The molecule has 0 unspecified atom stereocenters. The number of rotatable bonds is 8. The molecule has 4 heteroatoms. The van der Waals surface area contributed by atoms with Crippen molar-refractivity contribution in [2.75, 3.05) is 24.3 Å². The minimum Gasteiger partial charge on any atom is -0.495 e. The summed E-state index contributed by atoms with van der Waals surface area (Å²) >= 11 is 1.93. The fourth-order valence-corrected chi connectivity index (χ4v) is 5.55. The van der Waals surface area contributed by atoms with Crippen LogP contribution >= 0.6 is 11.8 Å². The van der Waals surface area contributed by atoms with E-state index in [0.29, 0.717) is 11.3 Å². The Balaban J connectivity index is 2.11. The average Bonchev–Trinajstić information content (AvgIpc) is 2.93. The van der Waals surface area contributed by atoms with Gasteiger partial charge < -0.3 is 9.64 Å². The standard InChI is InChI=1S/C25H32N2OS/c1-4-6-13-25(14-7-5-2)18-27(21-11-9-8-10-12-21)22-15-20(17-26)23(28-3)16-24(22)29-19-25/h8-12,15-16H,4-7,13-14,18-19H2,1-3H3. The van der Waals surface area contributed by atoms with Gasteiger partial charge in [0.1, 0.15) is 11.8 Å². The van der Waals surface area contributed by atoms with Crippen molar-refractivity contribution in [1.82, 2.24) is 0 Å². The Bertz CT molecular complexity index is 836. The highest BCUT2D eigenvalue weighted by Crippen LogP contribution is 2.48. The van der Waals surface area contributed by atoms with Crippen molar-refractivity contribution >= 4 is 23.1 Å². The van der Waals surface area contributed by atoms with Crippen LogP contribution in [0.4, 0.5) is 11.4 Å². The van der Waals surface area contributed by atoms with Gasteiger partial charge in [0.15, 0.2) is 0 Å². The number of anilines is 2. The normalized spacial score (nSPS) is 15.3. The molecule has 0 atom stereocenters. The predicted octanol–water partition coefficient (Wildman–Crippen LogP) is 7.18. The zero-order valence-corrected chi connectivity index (χ0v) is 18.7. The maximum atomic E-state index is 9.66. The summed E-state index contributed by atoms with van der Waals surface area (Å²) in [4.78, 5) is 3.65. The highest BCUT2D eigenvalue weighted by molar-refractivity contribution is 7.99. The third-order valence-corrected chi connectivity index (χ3v) is 7.30. The van der Waals surface area contributed by atoms with Crippen LogP contribution in [0.3, 0.4) is 0 Å². The van der Waals surface area contributed by atoms with Crippen LogP contribution in [-0.2, 0) is 0 Å². The predicted molar refractivity (Wildman–Crippen MR) is 123 cm³/mol. The van der Waals surface area contributed by atoms with Gasteiger partial charge in [0.25, 0.3) is 0 Å². The van der Waals surface area contributed by atoms with E-state index < -0.39 is 0 Å². The molecule has 3 nitrogen and oxygen atoms in total. The van der Waals surface area contributed by atoms with Gasteiger partial charge in [-0.2, -0.15) is 5.26 Å². The summed E-state index contributed by atoms with van der Waals surface area (Å²) in [6.07, 6.45) is 7.46. The summed E-state index contributed by atoms with van der Waals surface area (Å²) in [6.45, 7) is 5.56. The smallest absolute Gasteiger partial charge is 0.137 e. The molecule has 3 rings (SSSR count). The molecule has 0 saturated carbocycles. The number of hydrogen-bond donors (Lipinski definition) is 0.